The SMILES string of the molecule is CCCc1cc(Cl)n2nc(-c3cnccn3)cc2n1. The van der Waals surface area contributed by atoms with Crippen molar-refractivity contribution in [1.82, 2.24) is 24.6 Å². The molecule has 3 rings (SSSR count). The molecule has 19 heavy (non-hydrogen) atoms. The van der Waals surface area contributed by atoms with Gasteiger partial charge in [0.2, 0.25) is 0 Å². The van der Waals surface area contributed by atoms with Crippen molar-refractivity contribution < 1.29 is 0 Å². The summed E-state index contributed by atoms with van der Waals surface area (Å²) in [5.41, 5.74) is 3.14. The van der Waals surface area contributed by atoms with E-state index in [4.69, 9.17) is 11.6 Å². The standard InChI is InChI=1S/C13H12ClN5/c1-2-3-9-6-12(14)19-13(17-9)7-10(18-19)11-8-15-4-5-16-11/h4-8H,2-3H2,1H3. The number of halogens is 1. The van der Waals surface area contributed by atoms with Crippen molar-refractivity contribution in [1.29, 1.82) is 0 Å². The Labute approximate surface area is 115 Å². The molecule has 0 unspecified atom stereocenters. The van der Waals surface area contributed by atoms with E-state index in [2.05, 4.69) is 27.0 Å². The normalized spacial score (nSPS) is 11.1. The lowest BCUT2D eigenvalue weighted by atomic mass is 10.2. The summed E-state index contributed by atoms with van der Waals surface area (Å²) in [6.45, 7) is 2.11. The van der Waals surface area contributed by atoms with Crippen molar-refractivity contribution in [2.45, 2.75) is 19.8 Å². The minimum absolute atomic E-state index is 0.559. The van der Waals surface area contributed by atoms with Crippen LogP contribution < -0.4 is 0 Å². The van der Waals surface area contributed by atoms with Crippen LogP contribution in [0.3, 0.4) is 0 Å². The van der Waals surface area contributed by atoms with E-state index in [1.807, 2.05) is 12.1 Å². The first kappa shape index (κ1) is 12.0. The van der Waals surface area contributed by atoms with Gasteiger partial charge in [0, 0.05) is 24.2 Å². The van der Waals surface area contributed by atoms with E-state index in [0.29, 0.717) is 10.8 Å². The molecular weight excluding hydrogens is 262 g/mol. The van der Waals surface area contributed by atoms with Gasteiger partial charge in [-0.3, -0.25) is 9.97 Å². The summed E-state index contributed by atoms with van der Waals surface area (Å²) >= 11 is 6.22. The lowest BCUT2D eigenvalue weighted by Gasteiger charge is -2.00. The van der Waals surface area contributed by atoms with Crippen LogP contribution >= 0.6 is 11.6 Å². The average molecular weight is 274 g/mol. The molecule has 5 nitrogen and oxygen atoms in total. The Morgan fingerprint density at radius 2 is 2.11 bits per heavy atom. The number of aromatic nitrogens is 5. The third kappa shape index (κ3) is 2.29. The quantitative estimate of drug-likeness (QED) is 0.689. The van der Waals surface area contributed by atoms with Gasteiger partial charge in [-0.2, -0.15) is 5.10 Å². The molecule has 0 N–H and O–H groups in total. The van der Waals surface area contributed by atoms with Gasteiger partial charge in [-0.25, -0.2) is 9.50 Å². The zero-order valence-electron chi connectivity index (χ0n) is 10.4. The molecule has 0 radical (unpaired) electrons. The van der Waals surface area contributed by atoms with Gasteiger partial charge in [0.1, 0.15) is 16.5 Å². The van der Waals surface area contributed by atoms with Crippen molar-refractivity contribution in [3.63, 3.8) is 0 Å². The lowest BCUT2D eigenvalue weighted by Crippen LogP contribution is -1.97. The van der Waals surface area contributed by atoms with Crippen molar-refractivity contribution in [2.75, 3.05) is 0 Å². The van der Waals surface area contributed by atoms with Gasteiger partial charge in [-0.15, -0.1) is 0 Å². The fourth-order valence-corrected chi connectivity index (χ4v) is 2.18. The Kier molecular flexibility index (Phi) is 3.13. The number of hydrogen-bond donors (Lipinski definition) is 0. The van der Waals surface area contributed by atoms with Gasteiger partial charge in [-0.1, -0.05) is 24.9 Å². The summed E-state index contributed by atoms with van der Waals surface area (Å²) in [7, 11) is 0. The second-order valence-electron chi connectivity index (χ2n) is 4.21. The topological polar surface area (TPSA) is 56.0 Å². The highest BCUT2D eigenvalue weighted by Gasteiger charge is 2.10. The molecule has 0 aromatic carbocycles. The lowest BCUT2D eigenvalue weighted by molar-refractivity contribution is 0.859. The van der Waals surface area contributed by atoms with Crippen molar-refractivity contribution in [2.24, 2.45) is 0 Å². The molecule has 0 spiro atoms. The van der Waals surface area contributed by atoms with Crippen molar-refractivity contribution in [3.05, 3.63) is 41.6 Å². The molecule has 0 bridgehead atoms. The first-order chi connectivity index (χ1) is 9.28. The fraction of sp³-hybridized carbons (Fsp3) is 0.231. The highest BCUT2D eigenvalue weighted by Crippen LogP contribution is 2.20. The fourth-order valence-electron chi connectivity index (χ4n) is 1.93. The number of fused-ring (bicyclic) bond motifs is 1. The first-order valence-corrected chi connectivity index (χ1v) is 6.47. The van der Waals surface area contributed by atoms with Gasteiger partial charge in [0.15, 0.2) is 5.65 Å². The van der Waals surface area contributed by atoms with Crippen LogP contribution in [0, 0.1) is 0 Å². The van der Waals surface area contributed by atoms with E-state index in [1.165, 1.54) is 0 Å². The van der Waals surface area contributed by atoms with Crippen LogP contribution in [0.15, 0.2) is 30.7 Å². The predicted octanol–water partition coefficient (Wildman–Crippen LogP) is 2.79. The highest BCUT2D eigenvalue weighted by molar-refractivity contribution is 6.29. The molecule has 0 aliphatic rings. The van der Waals surface area contributed by atoms with Gasteiger partial charge in [-0.05, 0) is 12.5 Å². The third-order valence-electron chi connectivity index (χ3n) is 2.77. The summed E-state index contributed by atoms with van der Waals surface area (Å²) in [6.07, 6.45) is 6.87. The number of rotatable bonds is 3. The van der Waals surface area contributed by atoms with Gasteiger partial charge in [0.05, 0.1) is 6.20 Å². The Morgan fingerprint density at radius 1 is 1.21 bits per heavy atom. The molecule has 3 aromatic rings. The number of nitrogens with zero attached hydrogens (tertiary/aromatic N) is 5. The van der Waals surface area contributed by atoms with E-state index in [0.717, 1.165) is 29.9 Å². The summed E-state index contributed by atoms with van der Waals surface area (Å²) < 4.78 is 1.62. The molecule has 3 aromatic heterocycles. The van der Waals surface area contributed by atoms with E-state index in [-0.39, 0.29) is 0 Å². The second-order valence-corrected chi connectivity index (χ2v) is 4.60. The molecule has 0 atom stereocenters. The van der Waals surface area contributed by atoms with Crippen LogP contribution in [0.1, 0.15) is 19.0 Å². The summed E-state index contributed by atoms with van der Waals surface area (Å²) in [5.74, 6) is 0. The van der Waals surface area contributed by atoms with Crippen LogP contribution in [0.4, 0.5) is 0 Å². The Hall–Kier alpha value is -2.01. The minimum Gasteiger partial charge on any atom is -0.261 e. The molecule has 0 fully saturated rings. The van der Waals surface area contributed by atoms with Crippen LogP contribution in [0.25, 0.3) is 17.0 Å². The molecule has 0 saturated carbocycles. The molecule has 6 heteroatoms. The number of aryl methyl sites for hydroxylation is 1. The summed E-state index contributed by atoms with van der Waals surface area (Å²) in [5, 5.41) is 4.96. The zero-order valence-corrected chi connectivity index (χ0v) is 11.2. The summed E-state index contributed by atoms with van der Waals surface area (Å²) in [6, 6.07) is 3.72. The molecule has 0 aliphatic carbocycles. The van der Waals surface area contributed by atoms with E-state index >= 15 is 0 Å². The minimum atomic E-state index is 0.559. The second kappa shape index (κ2) is 4.93. The maximum atomic E-state index is 6.22. The van der Waals surface area contributed by atoms with Crippen LogP contribution in [-0.2, 0) is 6.42 Å². The largest absolute Gasteiger partial charge is 0.261 e. The van der Waals surface area contributed by atoms with E-state index < -0.39 is 0 Å². The van der Waals surface area contributed by atoms with E-state index in [9.17, 15) is 0 Å². The van der Waals surface area contributed by atoms with Gasteiger partial charge in [0.25, 0.3) is 0 Å². The third-order valence-corrected chi connectivity index (χ3v) is 3.04. The van der Waals surface area contributed by atoms with Gasteiger partial charge < -0.3 is 0 Å². The molecule has 3 heterocycles. The van der Waals surface area contributed by atoms with Crippen LogP contribution in [-0.4, -0.2) is 24.6 Å². The van der Waals surface area contributed by atoms with Crippen molar-refractivity contribution in [3.8, 4) is 11.4 Å². The smallest absolute Gasteiger partial charge is 0.157 e. The molecule has 0 aliphatic heterocycles. The molecule has 96 valence electrons. The maximum absolute atomic E-state index is 6.22. The predicted molar refractivity (Wildman–Crippen MR) is 73.0 cm³/mol. The monoisotopic (exact) mass is 273 g/mol. The molecule has 0 saturated heterocycles. The van der Waals surface area contributed by atoms with Crippen molar-refractivity contribution >= 4 is 17.2 Å². The van der Waals surface area contributed by atoms with Crippen LogP contribution in [0.2, 0.25) is 5.15 Å². The molecule has 0 amide bonds. The zero-order chi connectivity index (χ0) is 13.2. The Balaban J connectivity index is 2.13. The number of hydrogen-bond acceptors (Lipinski definition) is 4. The average Bonchev–Trinajstić information content (AvgIpc) is 2.85. The van der Waals surface area contributed by atoms with E-state index in [1.54, 1.807) is 23.1 Å². The molecular formula is C13H12ClN5. The summed E-state index contributed by atoms with van der Waals surface area (Å²) in [4.78, 5) is 12.8. The maximum Gasteiger partial charge on any atom is 0.157 e. The van der Waals surface area contributed by atoms with Crippen LogP contribution in [0.5, 0.6) is 0 Å². The first-order valence-electron chi connectivity index (χ1n) is 6.09. The van der Waals surface area contributed by atoms with Gasteiger partial charge >= 0.3 is 0 Å². The Bertz CT molecular complexity index is 708. The highest BCUT2D eigenvalue weighted by atomic mass is 35.5. The Morgan fingerprint density at radius 3 is 2.84 bits per heavy atom.